The molecule has 0 spiro atoms. The lowest BCUT2D eigenvalue weighted by Gasteiger charge is -2.17. The van der Waals surface area contributed by atoms with Gasteiger partial charge in [-0.25, -0.2) is 4.68 Å². The predicted molar refractivity (Wildman–Crippen MR) is 118 cm³/mol. The Labute approximate surface area is 194 Å². The van der Waals surface area contributed by atoms with Crippen molar-refractivity contribution in [1.82, 2.24) is 15.1 Å². The molecule has 10 heteroatoms. The zero-order valence-electron chi connectivity index (χ0n) is 19.3. The van der Waals surface area contributed by atoms with E-state index in [4.69, 9.17) is 9.47 Å². The van der Waals surface area contributed by atoms with Gasteiger partial charge in [0.05, 0.1) is 48.5 Å². The van der Waals surface area contributed by atoms with Gasteiger partial charge in [0.1, 0.15) is 11.5 Å². The molecule has 2 aromatic carbocycles. The number of alkyl halides is 3. The number of amides is 1. The van der Waals surface area contributed by atoms with Gasteiger partial charge in [0, 0.05) is 11.6 Å². The maximum absolute atomic E-state index is 13.1. The van der Waals surface area contributed by atoms with Crippen LogP contribution in [0.1, 0.15) is 45.8 Å². The highest BCUT2D eigenvalue weighted by Crippen LogP contribution is 2.31. The van der Waals surface area contributed by atoms with Crippen LogP contribution in [0, 0.1) is 13.8 Å². The second kappa shape index (κ2) is 9.58. The first kappa shape index (κ1) is 24.8. The van der Waals surface area contributed by atoms with Crippen molar-refractivity contribution in [2.45, 2.75) is 33.0 Å². The van der Waals surface area contributed by atoms with E-state index in [-0.39, 0.29) is 22.6 Å². The molecule has 3 rings (SSSR count). The normalized spacial score (nSPS) is 12.2. The molecule has 3 aromatic rings. The molecule has 1 aromatic heterocycles. The van der Waals surface area contributed by atoms with E-state index in [2.05, 4.69) is 10.4 Å². The first-order valence-corrected chi connectivity index (χ1v) is 10.3. The van der Waals surface area contributed by atoms with Crippen LogP contribution in [0.15, 0.2) is 42.5 Å². The number of halogens is 3. The topological polar surface area (TPSA) is 82.5 Å². The standard InChI is InChI=1S/C24H24F3N3O4/c1-13(19-10-9-18(33-4)12-20(19)34-5)28-23(32)22(31)21-14(2)29-30(15(21)3)17-8-6-7-16(11-17)24(25,26)27/h6-13H,1-5H3,(H,28,32). The first-order valence-electron chi connectivity index (χ1n) is 10.3. The number of carbonyl (C=O) groups is 2. The van der Waals surface area contributed by atoms with Crippen LogP contribution in [0.5, 0.6) is 11.5 Å². The molecule has 34 heavy (non-hydrogen) atoms. The van der Waals surface area contributed by atoms with E-state index in [1.807, 2.05) is 0 Å². The molecule has 0 radical (unpaired) electrons. The Hall–Kier alpha value is -3.82. The zero-order valence-corrected chi connectivity index (χ0v) is 19.3. The van der Waals surface area contributed by atoms with E-state index in [9.17, 15) is 22.8 Å². The molecule has 1 unspecified atom stereocenters. The predicted octanol–water partition coefficient (Wildman–Crippen LogP) is 4.59. The SMILES string of the molecule is COc1ccc(C(C)NC(=O)C(=O)c2c(C)nn(-c3cccc(C(F)(F)F)c3)c2C)c(OC)c1. The van der Waals surface area contributed by atoms with E-state index in [1.165, 1.54) is 44.9 Å². The molecule has 7 nitrogen and oxygen atoms in total. The molecule has 0 aliphatic carbocycles. The maximum Gasteiger partial charge on any atom is 0.416 e. The van der Waals surface area contributed by atoms with Crippen LogP contribution in [-0.2, 0) is 11.0 Å². The summed E-state index contributed by atoms with van der Waals surface area (Å²) < 4.78 is 51.1. The van der Waals surface area contributed by atoms with Crippen LogP contribution in [0.3, 0.4) is 0 Å². The molecule has 1 heterocycles. The van der Waals surface area contributed by atoms with Gasteiger partial charge in [-0.1, -0.05) is 6.07 Å². The highest BCUT2D eigenvalue weighted by atomic mass is 19.4. The van der Waals surface area contributed by atoms with Crippen LogP contribution in [0.25, 0.3) is 5.69 Å². The van der Waals surface area contributed by atoms with Gasteiger partial charge in [0.15, 0.2) is 0 Å². The molecule has 180 valence electrons. The summed E-state index contributed by atoms with van der Waals surface area (Å²) in [6.07, 6.45) is -4.52. The second-order valence-electron chi connectivity index (χ2n) is 7.64. The van der Waals surface area contributed by atoms with Crippen molar-refractivity contribution in [3.63, 3.8) is 0 Å². The number of aryl methyl sites for hydroxylation is 1. The molecule has 0 saturated heterocycles. The minimum atomic E-state index is -4.52. The van der Waals surface area contributed by atoms with Gasteiger partial charge in [-0.3, -0.25) is 9.59 Å². The fourth-order valence-electron chi connectivity index (χ4n) is 3.67. The van der Waals surface area contributed by atoms with E-state index in [1.54, 1.807) is 25.1 Å². The number of Topliss-reactive ketones (excluding diaryl/α,β-unsaturated/α-hetero) is 1. The van der Waals surface area contributed by atoms with Gasteiger partial charge in [0.2, 0.25) is 0 Å². The third kappa shape index (κ3) is 4.90. The van der Waals surface area contributed by atoms with E-state index < -0.39 is 29.5 Å². The number of ether oxygens (including phenoxy) is 2. The number of nitrogens with zero attached hydrogens (tertiary/aromatic N) is 2. The maximum atomic E-state index is 13.1. The Balaban J connectivity index is 1.87. The van der Waals surface area contributed by atoms with Gasteiger partial charge >= 0.3 is 6.18 Å². The molecule has 1 atom stereocenters. The summed E-state index contributed by atoms with van der Waals surface area (Å²) in [5, 5.41) is 6.85. The number of hydrogen-bond acceptors (Lipinski definition) is 5. The summed E-state index contributed by atoms with van der Waals surface area (Å²) in [5.74, 6) is -0.666. The number of methoxy groups -OCH3 is 2. The van der Waals surface area contributed by atoms with E-state index >= 15 is 0 Å². The number of ketones is 1. The molecule has 1 amide bonds. The first-order chi connectivity index (χ1) is 16.0. The number of benzene rings is 2. The van der Waals surface area contributed by atoms with Gasteiger partial charge in [0.25, 0.3) is 11.7 Å². The lowest BCUT2D eigenvalue weighted by Crippen LogP contribution is -2.33. The number of hydrogen-bond donors (Lipinski definition) is 1. The Morgan fingerprint density at radius 2 is 1.76 bits per heavy atom. The summed E-state index contributed by atoms with van der Waals surface area (Å²) >= 11 is 0. The Kier molecular flexibility index (Phi) is 6.99. The molecule has 0 bridgehead atoms. The molecule has 0 fully saturated rings. The van der Waals surface area contributed by atoms with E-state index in [0.29, 0.717) is 17.1 Å². The van der Waals surface area contributed by atoms with Crippen molar-refractivity contribution in [2.24, 2.45) is 0 Å². The monoisotopic (exact) mass is 475 g/mol. The fourth-order valence-corrected chi connectivity index (χ4v) is 3.67. The Morgan fingerprint density at radius 1 is 1.06 bits per heavy atom. The molecule has 0 aliphatic rings. The third-order valence-electron chi connectivity index (χ3n) is 5.40. The largest absolute Gasteiger partial charge is 0.497 e. The molecular formula is C24H24F3N3O4. The number of nitrogens with one attached hydrogen (secondary N) is 1. The molecule has 1 N–H and O–H groups in total. The number of carbonyl (C=O) groups excluding carboxylic acids is 2. The highest BCUT2D eigenvalue weighted by molar-refractivity contribution is 6.43. The smallest absolute Gasteiger partial charge is 0.416 e. The third-order valence-corrected chi connectivity index (χ3v) is 5.40. The van der Waals surface area contributed by atoms with Crippen molar-refractivity contribution in [3.05, 3.63) is 70.5 Å². The van der Waals surface area contributed by atoms with Gasteiger partial charge < -0.3 is 14.8 Å². The average molecular weight is 475 g/mol. The highest BCUT2D eigenvalue weighted by Gasteiger charge is 2.31. The summed E-state index contributed by atoms with van der Waals surface area (Å²) in [5.41, 5.74) is 0.439. The zero-order chi connectivity index (χ0) is 25.2. The van der Waals surface area contributed by atoms with Crippen molar-refractivity contribution >= 4 is 11.7 Å². The van der Waals surface area contributed by atoms with Gasteiger partial charge in [-0.15, -0.1) is 0 Å². The summed E-state index contributed by atoms with van der Waals surface area (Å²) in [6.45, 7) is 4.74. The van der Waals surface area contributed by atoms with Crippen LogP contribution >= 0.6 is 0 Å². The van der Waals surface area contributed by atoms with Crippen molar-refractivity contribution in [1.29, 1.82) is 0 Å². The van der Waals surface area contributed by atoms with Crippen LogP contribution in [0.4, 0.5) is 13.2 Å². The quantitative estimate of drug-likeness (QED) is 0.399. The van der Waals surface area contributed by atoms with Crippen LogP contribution < -0.4 is 14.8 Å². The summed E-state index contributed by atoms with van der Waals surface area (Å²) in [7, 11) is 3.00. The second-order valence-corrected chi connectivity index (χ2v) is 7.64. The van der Waals surface area contributed by atoms with Crippen molar-refractivity contribution in [3.8, 4) is 17.2 Å². The molecule has 0 aliphatic heterocycles. The minimum absolute atomic E-state index is 0.0313. The minimum Gasteiger partial charge on any atom is -0.497 e. The molecule has 0 saturated carbocycles. The van der Waals surface area contributed by atoms with Crippen LogP contribution in [0.2, 0.25) is 0 Å². The Bertz CT molecular complexity index is 1230. The van der Waals surface area contributed by atoms with Crippen molar-refractivity contribution < 1.29 is 32.2 Å². The van der Waals surface area contributed by atoms with Gasteiger partial charge in [-0.2, -0.15) is 18.3 Å². The summed E-state index contributed by atoms with van der Waals surface area (Å²) in [6, 6.07) is 9.10. The molecular weight excluding hydrogens is 451 g/mol. The lowest BCUT2D eigenvalue weighted by atomic mass is 10.0. The van der Waals surface area contributed by atoms with Crippen molar-refractivity contribution in [2.75, 3.05) is 14.2 Å². The summed E-state index contributed by atoms with van der Waals surface area (Å²) in [4.78, 5) is 25.8. The average Bonchev–Trinajstić information content (AvgIpc) is 3.11. The number of aromatic nitrogens is 2. The fraction of sp³-hybridized carbons (Fsp3) is 0.292. The lowest BCUT2D eigenvalue weighted by molar-refractivity contribution is -0.137. The van der Waals surface area contributed by atoms with Gasteiger partial charge in [-0.05, 0) is 51.1 Å². The van der Waals surface area contributed by atoms with E-state index in [0.717, 1.165) is 12.1 Å². The number of rotatable bonds is 7. The Morgan fingerprint density at radius 3 is 2.38 bits per heavy atom. The van der Waals surface area contributed by atoms with Crippen LogP contribution in [-0.4, -0.2) is 35.7 Å².